The Hall–Kier alpha value is -1.06. The van der Waals surface area contributed by atoms with Gasteiger partial charge in [0.25, 0.3) is 0 Å². The quantitative estimate of drug-likeness (QED) is 0.892. The van der Waals surface area contributed by atoms with Gasteiger partial charge in [-0.1, -0.05) is 37.3 Å². The molecule has 106 valence electrons. The lowest BCUT2D eigenvalue weighted by Crippen LogP contribution is -2.53. The molecule has 1 aromatic carbocycles. The van der Waals surface area contributed by atoms with Gasteiger partial charge in [-0.15, -0.1) is 12.4 Å². The van der Waals surface area contributed by atoms with Crippen molar-refractivity contribution in [2.75, 3.05) is 0 Å². The summed E-state index contributed by atoms with van der Waals surface area (Å²) in [6.07, 6.45) is 3.21. The number of nitrogens with one attached hydrogen (secondary N) is 1. The van der Waals surface area contributed by atoms with Crippen molar-refractivity contribution in [1.29, 1.82) is 0 Å². The van der Waals surface area contributed by atoms with Crippen LogP contribution in [-0.2, 0) is 10.3 Å². The fraction of sp³-hybridized carbons (Fsp3) is 0.533. The number of rotatable bonds is 4. The highest BCUT2D eigenvalue weighted by Crippen LogP contribution is 2.41. The second kappa shape index (κ2) is 6.40. The lowest BCUT2D eigenvalue weighted by molar-refractivity contribution is -0.128. The molecule has 2 rings (SSSR count). The average molecular weight is 283 g/mol. The second-order valence-corrected chi connectivity index (χ2v) is 5.44. The highest BCUT2D eigenvalue weighted by molar-refractivity contribution is 5.85. The summed E-state index contributed by atoms with van der Waals surface area (Å²) < 4.78 is 0. The first-order valence-corrected chi connectivity index (χ1v) is 6.68. The molecule has 0 radical (unpaired) electrons. The number of carbonyl (C=O) groups is 1. The van der Waals surface area contributed by atoms with Crippen molar-refractivity contribution in [2.24, 2.45) is 11.7 Å². The molecule has 1 aromatic rings. The van der Waals surface area contributed by atoms with E-state index >= 15 is 0 Å². The van der Waals surface area contributed by atoms with Gasteiger partial charge >= 0.3 is 0 Å². The molecule has 2 unspecified atom stereocenters. The van der Waals surface area contributed by atoms with Gasteiger partial charge in [-0.2, -0.15) is 0 Å². The number of halogens is 1. The smallest absolute Gasteiger partial charge is 0.225 e. The third kappa shape index (κ3) is 3.28. The zero-order valence-electron chi connectivity index (χ0n) is 11.6. The van der Waals surface area contributed by atoms with Crippen LogP contribution in [0.15, 0.2) is 30.3 Å². The van der Waals surface area contributed by atoms with Gasteiger partial charge in [-0.25, -0.2) is 0 Å². The third-order valence-corrected chi connectivity index (χ3v) is 4.10. The summed E-state index contributed by atoms with van der Waals surface area (Å²) in [5.74, 6) is -0.0836. The van der Waals surface area contributed by atoms with Crippen LogP contribution in [0.2, 0.25) is 0 Å². The fourth-order valence-electron chi connectivity index (χ4n) is 2.36. The highest BCUT2D eigenvalue weighted by atomic mass is 35.5. The molecule has 4 heteroatoms. The molecule has 0 heterocycles. The Morgan fingerprint density at radius 3 is 2.26 bits per heavy atom. The molecule has 2 atom stereocenters. The van der Waals surface area contributed by atoms with E-state index in [9.17, 15) is 4.79 Å². The summed E-state index contributed by atoms with van der Waals surface area (Å²) in [4.78, 5) is 12.2. The Morgan fingerprint density at radius 1 is 1.26 bits per heavy atom. The summed E-state index contributed by atoms with van der Waals surface area (Å²) in [6.45, 7) is 3.76. The van der Waals surface area contributed by atoms with Crippen molar-refractivity contribution < 1.29 is 4.79 Å². The van der Waals surface area contributed by atoms with Crippen LogP contribution in [0.4, 0.5) is 0 Å². The van der Waals surface area contributed by atoms with E-state index in [0.29, 0.717) is 0 Å². The molecule has 0 aliphatic heterocycles. The van der Waals surface area contributed by atoms with E-state index in [4.69, 9.17) is 5.73 Å². The molecule has 0 saturated heterocycles. The van der Waals surface area contributed by atoms with Crippen molar-refractivity contribution in [3.63, 3.8) is 0 Å². The minimum atomic E-state index is -0.151. The van der Waals surface area contributed by atoms with Gasteiger partial charge < -0.3 is 11.1 Å². The van der Waals surface area contributed by atoms with Gasteiger partial charge in [0.05, 0.1) is 5.54 Å². The zero-order valence-corrected chi connectivity index (χ0v) is 12.4. The summed E-state index contributed by atoms with van der Waals surface area (Å²) in [7, 11) is 0. The van der Waals surface area contributed by atoms with E-state index in [-0.39, 0.29) is 35.8 Å². The molecular formula is C15H23ClN2O. The number of nitrogens with two attached hydrogens (primary N) is 1. The molecule has 0 spiro atoms. The Labute approximate surface area is 121 Å². The fourth-order valence-corrected chi connectivity index (χ4v) is 2.36. The third-order valence-electron chi connectivity index (χ3n) is 4.10. The van der Waals surface area contributed by atoms with E-state index in [1.807, 2.05) is 32.0 Å². The van der Waals surface area contributed by atoms with Crippen LogP contribution in [0.5, 0.6) is 0 Å². The Morgan fingerprint density at radius 2 is 1.84 bits per heavy atom. The monoisotopic (exact) mass is 282 g/mol. The van der Waals surface area contributed by atoms with Crippen LogP contribution in [0.25, 0.3) is 0 Å². The number of carbonyl (C=O) groups excluding carboxylic acids is 1. The van der Waals surface area contributed by atoms with E-state index in [1.165, 1.54) is 12.0 Å². The van der Waals surface area contributed by atoms with Crippen LogP contribution in [0.3, 0.4) is 0 Å². The molecule has 1 amide bonds. The molecule has 1 aliphatic carbocycles. The molecule has 19 heavy (non-hydrogen) atoms. The molecule has 3 N–H and O–H groups in total. The molecule has 0 aromatic heterocycles. The number of amides is 1. The van der Waals surface area contributed by atoms with E-state index in [0.717, 1.165) is 12.8 Å². The van der Waals surface area contributed by atoms with Crippen molar-refractivity contribution >= 4 is 18.3 Å². The van der Waals surface area contributed by atoms with Gasteiger partial charge in [0, 0.05) is 12.0 Å². The van der Waals surface area contributed by atoms with Crippen LogP contribution in [0, 0.1) is 5.92 Å². The first-order chi connectivity index (χ1) is 8.55. The number of hydrogen-bond acceptors (Lipinski definition) is 2. The normalized spacial score (nSPS) is 19.5. The van der Waals surface area contributed by atoms with Crippen molar-refractivity contribution in [2.45, 2.75) is 44.7 Å². The van der Waals surface area contributed by atoms with Gasteiger partial charge in [0.15, 0.2) is 0 Å². The first-order valence-electron chi connectivity index (χ1n) is 6.68. The maximum Gasteiger partial charge on any atom is 0.225 e. The van der Waals surface area contributed by atoms with E-state index in [1.54, 1.807) is 0 Å². The summed E-state index contributed by atoms with van der Waals surface area (Å²) in [6, 6.07) is 10.1. The van der Waals surface area contributed by atoms with Gasteiger partial charge in [0.2, 0.25) is 5.91 Å². The number of benzene rings is 1. The van der Waals surface area contributed by atoms with Crippen LogP contribution >= 0.6 is 12.4 Å². The largest absolute Gasteiger partial charge is 0.346 e. The van der Waals surface area contributed by atoms with Crippen molar-refractivity contribution in [3.05, 3.63) is 35.9 Å². The van der Waals surface area contributed by atoms with Crippen LogP contribution in [-0.4, -0.2) is 11.9 Å². The topological polar surface area (TPSA) is 55.1 Å². The Kier molecular flexibility index (Phi) is 5.39. The maximum absolute atomic E-state index is 12.2. The second-order valence-electron chi connectivity index (χ2n) is 5.44. The maximum atomic E-state index is 12.2. The molecule has 1 fully saturated rings. The highest BCUT2D eigenvalue weighted by Gasteiger charge is 2.40. The van der Waals surface area contributed by atoms with E-state index < -0.39 is 0 Å². The first kappa shape index (κ1) is 16.0. The molecule has 1 aliphatic rings. The van der Waals surface area contributed by atoms with Gasteiger partial charge in [-0.05, 0) is 31.7 Å². The summed E-state index contributed by atoms with van der Waals surface area (Å²) in [5, 5.41) is 3.21. The standard InChI is InChI=1S/C15H22N2O.ClH/c1-11(12(2)16)14(18)17-15(9-6-10-15)13-7-4-3-5-8-13;/h3-5,7-8,11-12H,6,9-10,16H2,1-2H3,(H,17,18);1H. The Bertz CT molecular complexity index is 415. The minimum Gasteiger partial charge on any atom is -0.346 e. The lowest BCUT2D eigenvalue weighted by Gasteiger charge is -2.44. The minimum absolute atomic E-state index is 0. The van der Waals surface area contributed by atoms with Crippen LogP contribution < -0.4 is 11.1 Å². The zero-order chi connectivity index (χ0) is 13.2. The molecule has 0 bridgehead atoms. The van der Waals surface area contributed by atoms with E-state index in [2.05, 4.69) is 17.4 Å². The molecule has 1 saturated carbocycles. The predicted molar refractivity (Wildman–Crippen MR) is 80.2 cm³/mol. The van der Waals surface area contributed by atoms with Crippen LogP contribution in [0.1, 0.15) is 38.7 Å². The Balaban J connectivity index is 0.00000180. The molecule has 3 nitrogen and oxygen atoms in total. The summed E-state index contributed by atoms with van der Waals surface area (Å²) in [5.41, 5.74) is 6.85. The summed E-state index contributed by atoms with van der Waals surface area (Å²) >= 11 is 0. The SMILES string of the molecule is CC(N)C(C)C(=O)NC1(c2ccccc2)CCC1.Cl. The van der Waals surface area contributed by atoms with Gasteiger partial charge in [-0.3, -0.25) is 4.79 Å². The number of hydrogen-bond donors (Lipinski definition) is 2. The lowest BCUT2D eigenvalue weighted by atomic mass is 9.71. The average Bonchev–Trinajstić information content (AvgIpc) is 2.33. The van der Waals surface area contributed by atoms with Gasteiger partial charge in [0.1, 0.15) is 0 Å². The van der Waals surface area contributed by atoms with Crippen molar-refractivity contribution in [3.8, 4) is 0 Å². The molecular weight excluding hydrogens is 260 g/mol. The predicted octanol–water partition coefficient (Wildman–Crippen LogP) is 2.59. The van der Waals surface area contributed by atoms with Crippen molar-refractivity contribution in [1.82, 2.24) is 5.32 Å².